The molecule has 242 valence electrons. The zero-order valence-corrected chi connectivity index (χ0v) is 28.6. The van der Waals surface area contributed by atoms with Crippen molar-refractivity contribution in [2.45, 2.75) is 0 Å². The molecule has 0 saturated heterocycles. The molecule has 0 unspecified atom stereocenters. The fourth-order valence-electron chi connectivity index (χ4n) is 8.38. The van der Waals surface area contributed by atoms with Gasteiger partial charge in [-0.15, -0.1) is 11.3 Å². The Morgan fingerprint density at radius 2 is 1.04 bits per heavy atom. The lowest BCUT2D eigenvalue weighted by atomic mass is 10.0. The predicted octanol–water partition coefficient (Wildman–Crippen LogP) is 14.3. The summed E-state index contributed by atoms with van der Waals surface area (Å²) in [5, 5.41) is 9.63. The van der Waals surface area contributed by atoms with Gasteiger partial charge in [0.1, 0.15) is 22.3 Å². The van der Waals surface area contributed by atoms with Crippen molar-refractivity contribution in [2.24, 2.45) is 0 Å². The Bertz CT molecular complexity index is 3430. The Kier molecular flexibility index (Phi) is 5.65. The van der Waals surface area contributed by atoms with Gasteiger partial charge in [0, 0.05) is 63.7 Å². The Balaban J connectivity index is 0.995. The molecule has 0 aliphatic rings. The topological polar surface area (TPSA) is 31.2 Å². The summed E-state index contributed by atoms with van der Waals surface area (Å²) in [5.74, 6) is 0. The molecule has 0 aliphatic carbocycles. The van der Waals surface area contributed by atoms with Gasteiger partial charge < -0.3 is 13.4 Å². The molecule has 0 aliphatic heterocycles. The zero-order chi connectivity index (χ0) is 33.9. The minimum atomic E-state index is 0.916. The quantitative estimate of drug-likeness (QED) is 0.186. The number of rotatable bonds is 3. The van der Waals surface area contributed by atoms with Crippen LogP contribution in [0.4, 0.5) is 0 Å². The lowest BCUT2D eigenvalue weighted by Crippen LogP contribution is -1.93. The van der Waals surface area contributed by atoms with E-state index in [0.717, 1.165) is 55.1 Å². The fraction of sp³-hybridized carbons (Fsp3) is 0. The number of para-hydroxylation sites is 4. The Hall–Kier alpha value is -6.62. The van der Waals surface area contributed by atoms with Crippen LogP contribution in [0.2, 0.25) is 0 Å². The molecule has 12 aromatic rings. The SMILES string of the molecule is c1ccc2c(c1)oc1ccc(-c3ccc4c(c3)c3ccccc3n4-c3ccc4sc5cc(-c6cccc7c6oc6ccccc67)ccc5c4c3)cc12. The van der Waals surface area contributed by atoms with E-state index < -0.39 is 0 Å². The lowest BCUT2D eigenvalue weighted by Gasteiger charge is -2.09. The van der Waals surface area contributed by atoms with Crippen LogP contribution in [0.1, 0.15) is 0 Å². The first-order valence-corrected chi connectivity index (χ1v) is 18.4. The third-order valence-corrected chi connectivity index (χ3v) is 11.9. The molecule has 0 spiro atoms. The van der Waals surface area contributed by atoms with Crippen molar-refractivity contribution < 1.29 is 8.83 Å². The first-order valence-electron chi connectivity index (χ1n) is 17.6. The molecular weight excluding hydrogens is 655 g/mol. The number of benzene rings is 8. The molecule has 12 rings (SSSR count). The number of hydrogen-bond donors (Lipinski definition) is 0. The first-order chi connectivity index (χ1) is 25.7. The first kappa shape index (κ1) is 28.1. The maximum absolute atomic E-state index is 6.39. The second kappa shape index (κ2) is 10.5. The van der Waals surface area contributed by atoms with Gasteiger partial charge in [-0.25, -0.2) is 0 Å². The fourth-order valence-corrected chi connectivity index (χ4v) is 9.51. The van der Waals surface area contributed by atoms with Gasteiger partial charge >= 0.3 is 0 Å². The molecule has 0 radical (unpaired) electrons. The third-order valence-electron chi connectivity index (χ3n) is 10.8. The van der Waals surface area contributed by atoms with Gasteiger partial charge in [-0.3, -0.25) is 0 Å². The van der Waals surface area contributed by atoms with Crippen molar-refractivity contribution in [3.63, 3.8) is 0 Å². The van der Waals surface area contributed by atoms with Gasteiger partial charge in [0.15, 0.2) is 0 Å². The van der Waals surface area contributed by atoms with E-state index in [0.29, 0.717) is 0 Å². The third kappa shape index (κ3) is 3.95. The van der Waals surface area contributed by atoms with Crippen molar-refractivity contribution in [1.82, 2.24) is 4.57 Å². The molecule has 0 atom stereocenters. The number of hydrogen-bond acceptors (Lipinski definition) is 3. The van der Waals surface area contributed by atoms with Crippen molar-refractivity contribution in [3.8, 4) is 27.9 Å². The predicted molar refractivity (Wildman–Crippen MR) is 219 cm³/mol. The number of furan rings is 2. The van der Waals surface area contributed by atoms with Crippen molar-refractivity contribution in [1.29, 1.82) is 0 Å². The van der Waals surface area contributed by atoms with E-state index in [1.54, 1.807) is 0 Å². The highest BCUT2D eigenvalue weighted by atomic mass is 32.1. The molecule has 0 fully saturated rings. The number of nitrogens with zero attached hydrogens (tertiary/aromatic N) is 1. The molecule has 8 aromatic carbocycles. The molecule has 0 amide bonds. The van der Waals surface area contributed by atoms with Crippen LogP contribution in [0.25, 0.3) is 114 Å². The van der Waals surface area contributed by atoms with Gasteiger partial charge in [-0.05, 0) is 83.4 Å². The Morgan fingerprint density at radius 1 is 0.365 bits per heavy atom. The van der Waals surface area contributed by atoms with Gasteiger partial charge in [-0.2, -0.15) is 0 Å². The van der Waals surface area contributed by atoms with Crippen LogP contribution >= 0.6 is 11.3 Å². The minimum Gasteiger partial charge on any atom is -0.456 e. The van der Waals surface area contributed by atoms with Gasteiger partial charge in [-0.1, -0.05) is 97.1 Å². The van der Waals surface area contributed by atoms with Crippen LogP contribution in [0.5, 0.6) is 0 Å². The van der Waals surface area contributed by atoms with E-state index in [4.69, 9.17) is 8.83 Å². The van der Waals surface area contributed by atoms with E-state index in [9.17, 15) is 0 Å². The molecule has 4 aromatic heterocycles. The average molecular weight is 682 g/mol. The highest BCUT2D eigenvalue weighted by molar-refractivity contribution is 7.25. The van der Waals surface area contributed by atoms with Crippen molar-refractivity contribution in [3.05, 3.63) is 164 Å². The average Bonchev–Trinajstić information content (AvgIpc) is 3.95. The van der Waals surface area contributed by atoms with E-state index in [2.05, 4.69) is 144 Å². The van der Waals surface area contributed by atoms with Gasteiger partial charge in [0.2, 0.25) is 0 Å². The lowest BCUT2D eigenvalue weighted by molar-refractivity contribution is 0.669. The molecule has 0 bridgehead atoms. The largest absolute Gasteiger partial charge is 0.456 e. The smallest absolute Gasteiger partial charge is 0.143 e. The van der Waals surface area contributed by atoms with Crippen LogP contribution < -0.4 is 0 Å². The molecule has 0 N–H and O–H groups in total. The number of thiophene rings is 1. The maximum atomic E-state index is 6.39. The van der Waals surface area contributed by atoms with Crippen LogP contribution in [0, 0.1) is 0 Å². The Morgan fingerprint density at radius 3 is 1.92 bits per heavy atom. The highest BCUT2D eigenvalue weighted by Crippen LogP contribution is 2.42. The summed E-state index contributed by atoms with van der Waals surface area (Å²) in [5.41, 5.74) is 11.9. The van der Waals surface area contributed by atoms with E-state index in [-0.39, 0.29) is 0 Å². The summed E-state index contributed by atoms with van der Waals surface area (Å²) in [7, 11) is 0. The van der Waals surface area contributed by atoms with Crippen LogP contribution in [0.15, 0.2) is 173 Å². The van der Waals surface area contributed by atoms with E-state index >= 15 is 0 Å². The van der Waals surface area contributed by atoms with Gasteiger partial charge in [0.25, 0.3) is 0 Å². The minimum absolute atomic E-state index is 0.916. The number of aromatic nitrogens is 1. The van der Waals surface area contributed by atoms with Crippen LogP contribution in [-0.4, -0.2) is 4.57 Å². The molecule has 4 heterocycles. The summed E-state index contributed by atoms with van der Waals surface area (Å²) in [6, 6.07) is 59.0. The highest BCUT2D eigenvalue weighted by Gasteiger charge is 2.17. The van der Waals surface area contributed by atoms with Crippen LogP contribution in [-0.2, 0) is 0 Å². The number of fused-ring (bicyclic) bond motifs is 12. The molecule has 0 saturated carbocycles. The summed E-state index contributed by atoms with van der Waals surface area (Å²) < 4.78 is 17.5. The molecule has 52 heavy (non-hydrogen) atoms. The van der Waals surface area contributed by atoms with Gasteiger partial charge in [0.05, 0.1) is 11.0 Å². The monoisotopic (exact) mass is 681 g/mol. The second-order valence-corrected chi connectivity index (χ2v) is 14.8. The van der Waals surface area contributed by atoms with E-state index in [1.165, 1.54) is 58.7 Å². The standard InChI is InChI=1S/C48H27NO2S/c1-4-13-41-33(8-1)38-24-28(29-18-22-45-39(25-29)35-10-3-5-14-43(35)50-45)17-21-42(38)49(41)31-19-23-46-40(27-31)36-20-16-30(26-47(36)52-46)32-11-7-12-37-34-9-2-6-15-44(34)51-48(32)37/h1-27H. The summed E-state index contributed by atoms with van der Waals surface area (Å²) in [6.45, 7) is 0. The van der Waals surface area contributed by atoms with Crippen molar-refractivity contribution in [2.75, 3.05) is 0 Å². The Labute approximate surface area is 301 Å². The molecular formula is C48H27NO2S. The zero-order valence-electron chi connectivity index (χ0n) is 27.8. The normalized spacial score (nSPS) is 12.2. The van der Waals surface area contributed by atoms with Crippen LogP contribution in [0.3, 0.4) is 0 Å². The van der Waals surface area contributed by atoms with E-state index in [1.807, 2.05) is 35.6 Å². The summed E-state index contributed by atoms with van der Waals surface area (Å²) in [6.07, 6.45) is 0. The summed E-state index contributed by atoms with van der Waals surface area (Å²) in [4.78, 5) is 0. The summed E-state index contributed by atoms with van der Waals surface area (Å²) >= 11 is 1.85. The maximum Gasteiger partial charge on any atom is 0.143 e. The molecule has 3 nitrogen and oxygen atoms in total. The molecule has 4 heteroatoms. The van der Waals surface area contributed by atoms with Crippen molar-refractivity contribution >= 4 is 97.2 Å². The second-order valence-electron chi connectivity index (χ2n) is 13.7.